The van der Waals surface area contributed by atoms with Crippen LogP contribution in [0.15, 0.2) is 24.3 Å². The SMILES string of the molecule is CCOC(=O)CN1CCC(N2CCN(c3ccc(C#N)cc3)CC2)C(C(C)C(=O)O)C1C. The number of piperidine rings is 1. The van der Waals surface area contributed by atoms with Crippen molar-refractivity contribution in [3.05, 3.63) is 29.8 Å². The van der Waals surface area contributed by atoms with E-state index in [1.807, 2.05) is 31.2 Å². The summed E-state index contributed by atoms with van der Waals surface area (Å²) in [6, 6.07) is 9.94. The number of hydrogen-bond acceptors (Lipinski definition) is 7. The highest BCUT2D eigenvalue weighted by atomic mass is 16.5. The maximum absolute atomic E-state index is 12.0. The highest BCUT2D eigenvalue weighted by molar-refractivity contribution is 5.72. The zero-order chi connectivity index (χ0) is 23.3. The average molecular weight is 443 g/mol. The quantitative estimate of drug-likeness (QED) is 0.641. The number of benzene rings is 1. The van der Waals surface area contributed by atoms with Crippen LogP contribution in [-0.2, 0) is 14.3 Å². The standard InChI is InChI=1S/C24H34N4O4/c1-4-32-22(29)16-28-10-9-21(23(18(28)3)17(2)24(30)31)27-13-11-26(12-14-27)20-7-5-19(15-25)6-8-20/h5-8,17-18,21,23H,4,9-14,16H2,1-3H3,(H,30,31). The van der Waals surface area contributed by atoms with Crippen LogP contribution in [0, 0.1) is 23.2 Å². The van der Waals surface area contributed by atoms with E-state index in [0.29, 0.717) is 12.2 Å². The normalized spacial score (nSPS) is 25.7. The van der Waals surface area contributed by atoms with Gasteiger partial charge in [0.05, 0.1) is 30.7 Å². The topological polar surface area (TPSA) is 97.1 Å². The Labute approximate surface area is 190 Å². The monoisotopic (exact) mass is 442 g/mol. The van der Waals surface area contributed by atoms with Crippen molar-refractivity contribution in [1.82, 2.24) is 9.80 Å². The molecule has 0 saturated carbocycles. The predicted molar refractivity (Wildman–Crippen MR) is 121 cm³/mol. The Hall–Kier alpha value is -2.63. The van der Waals surface area contributed by atoms with Crippen molar-refractivity contribution in [2.24, 2.45) is 11.8 Å². The zero-order valence-corrected chi connectivity index (χ0v) is 19.2. The summed E-state index contributed by atoms with van der Waals surface area (Å²) in [5, 5.41) is 18.8. The minimum atomic E-state index is -0.791. The van der Waals surface area contributed by atoms with Crippen LogP contribution in [0.25, 0.3) is 0 Å². The van der Waals surface area contributed by atoms with E-state index in [1.165, 1.54) is 0 Å². The number of carboxylic acid groups (broad SMARTS) is 1. The summed E-state index contributed by atoms with van der Waals surface area (Å²) >= 11 is 0. The second kappa shape index (κ2) is 10.8. The van der Waals surface area contributed by atoms with Crippen LogP contribution in [0.2, 0.25) is 0 Å². The number of anilines is 1. The predicted octanol–water partition coefficient (Wildman–Crippen LogP) is 2.04. The minimum Gasteiger partial charge on any atom is -0.481 e. The summed E-state index contributed by atoms with van der Waals surface area (Å²) < 4.78 is 5.12. The molecule has 32 heavy (non-hydrogen) atoms. The summed E-state index contributed by atoms with van der Waals surface area (Å²) in [6.45, 7) is 10.4. The maximum Gasteiger partial charge on any atom is 0.320 e. The van der Waals surface area contributed by atoms with Crippen LogP contribution in [0.3, 0.4) is 0 Å². The van der Waals surface area contributed by atoms with Crippen LogP contribution in [0.5, 0.6) is 0 Å². The molecule has 2 heterocycles. The lowest BCUT2D eigenvalue weighted by atomic mass is 9.76. The van der Waals surface area contributed by atoms with Crippen molar-refractivity contribution >= 4 is 17.6 Å². The molecule has 1 N–H and O–H groups in total. The third-order valence-corrected chi connectivity index (χ3v) is 7.04. The first-order valence-corrected chi connectivity index (χ1v) is 11.5. The fourth-order valence-corrected chi connectivity index (χ4v) is 5.25. The molecule has 8 nitrogen and oxygen atoms in total. The molecule has 0 bridgehead atoms. The van der Waals surface area contributed by atoms with E-state index in [-0.39, 0.29) is 30.5 Å². The summed E-state index contributed by atoms with van der Waals surface area (Å²) in [4.78, 5) is 30.8. The van der Waals surface area contributed by atoms with E-state index in [0.717, 1.165) is 44.8 Å². The summed E-state index contributed by atoms with van der Waals surface area (Å²) in [6.07, 6.45) is 0.836. The lowest BCUT2D eigenvalue weighted by molar-refractivity contribution is -0.149. The summed E-state index contributed by atoms with van der Waals surface area (Å²) in [5.41, 5.74) is 1.76. The van der Waals surface area contributed by atoms with Crippen LogP contribution in [0.4, 0.5) is 5.69 Å². The first kappa shape index (κ1) is 24.0. The zero-order valence-electron chi connectivity index (χ0n) is 19.2. The third-order valence-electron chi connectivity index (χ3n) is 7.04. The Morgan fingerprint density at radius 2 is 1.84 bits per heavy atom. The molecule has 2 aliphatic rings. The summed E-state index contributed by atoms with van der Waals surface area (Å²) in [7, 11) is 0. The average Bonchev–Trinajstić information content (AvgIpc) is 2.80. The van der Waals surface area contributed by atoms with Crippen molar-refractivity contribution in [3.63, 3.8) is 0 Å². The highest BCUT2D eigenvalue weighted by Crippen LogP contribution is 2.34. The molecule has 2 aliphatic heterocycles. The van der Waals surface area contributed by atoms with Crippen molar-refractivity contribution in [2.75, 3.05) is 50.8 Å². The van der Waals surface area contributed by atoms with Gasteiger partial charge in [0.1, 0.15) is 0 Å². The molecule has 174 valence electrons. The molecule has 3 rings (SSSR count). The van der Waals surface area contributed by atoms with Crippen LogP contribution >= 0.6 is 0 Å². The molecule has 2 saturated heterocycles. The van der Waals surface area contributed by atoms with Crippen LogP contribution in [-0.4, -0.2) is 84.8 Å². The van der Waals surface area contributed by atoms with Gasteiger partial charge in [0, 0.05) is 56.4 Å². The molecular formula is C24H34N4O4. The number of nitrogens with zero attached hydrogens (tertiary/aromatic N) is 4. The Balaban J connectivity index is 1.68. The molecule has 2 fully saturated rings. The van der Waals surface area contributed by atoms with Crippen molar-refractivity contribution in [3.8, 4) is 6.07 Å². The second-order valence-electron chi connectivity index (χ2n) is 8.76. The van der Waals surface area contributed by atoms with Crippen molar-refractivity contribution in [2.45, 2.75) is 39.3 Å². The molecule has 0 spiro atoms. The number of nitriles is 1. The molecule has 0 radical (unpaired) electrons. The van der Waals surface area contributed by atoms with Gasteiger partial charge >= 0.3 is 11.9 Å². The first-order valence-electron chi connectivity index (χ1n) is 11.5. The number of likely N-dealkylation sites (tertiary alicyclic amines) is 1. The van der Waals surface area contributed by atoms with E-state index in [1.54, 1.807) is 13.8 Å². The van der Waals surface area contributed by atoms with E-state index in [9.17, 15) is 14.7 Å². The van der Waals surface area contributed by atoms with Gasteiger partial charge in [0.2, 0.25) is 0 Å². The van der Waals surface area contributed by atoms with E-state index in [4.69, 9.17) is 10.00 Å². The largest absolute Gasteiger partial charge is 0.481 e. The van der Waals surface area contributed by atoms with Gasteiger partial charge in [-0.3, -0.25) is 19.4 Å². The molecule has 0 aromatic heterocycles. The fraction of sp³-hybridized carbons (Fsp3) is 0.625. The second-order valence-corrected chi connectivity index (χ2v) is 8.76. The Kier molecular flexibility index (Phi) is 8.10. The smallest absolute Gasteiger partial charge is 0.320 e. The molecule has 4 unspecified atom stereocenters. The Bertz CT molecular complexity index is 829. The number of carboxylic acids is 1. The Morgan fingerprint density at radius 3 is 2.41 bits per heavy atom. The molecule has 0 aliphatic carbocycles. The van der Waals surface area contributed by atoms with E-state index in [2.05, 4.69) is 20.8 Å². The lowest BCUT2D eigenvalue weighted by Crippen LogP contribution is -2.62. The maximum atomic E-state index is 12.0. The molecule has 8 heteroatoms. The number of ether oxygens (including phenoxy) is 1. The molecule has 4 atom stereocenters. The number of carbonyl (C=O) groups excluding carboxylic acids is 1. The number of aliphatic carboxylic acids is 1. The minimum absolute atomic E-state index is 0.0270. The van der Waals surface area contributed by atoms with Gasteiger partial charge in [-0.25, -0.2) is 0 Å². The third kappa shape index (κ3) is 5.40. The summed E-state index contributed by atoms with van der Waals surface area (Å²) in [5.74, 6) is -1.62. The van der Waals surface area contributed by atoms with Crippen molar-refractivity contribution < 1.29 is 19.4 Å². The Morgan fingerprint density at radius 1 is 1.19 bits per heavy atom. The van der Waals surface area contributed by atoms with E-state index >= 15 is 0 Å². The number of hydrogen-bond donors (Lipinski definition) is 1. The van der Waals surface area contributed by atoms with Gasteiger partial charge in [0.15, 0.2) is 0 Å². The molecule has 1 aromatic carbocycles. The van der Waals surface area contributed by atoms with Crippen LogP contribution < -0.4 is 4.90 Å². The fourth-order valence-electron chi connectivity index (χ4n) is 5.25. The highest BCUT2D eigenvalue weighted by Gasteiger charge is 2.44. The van der Waals surface area contributed by atoms with Crippen molar-refractivity contribution in [1.29, 1.82) is 5.26 Å². The first-order chi connectivity index (χ1) is 15.3. The molecule has 0 amide bonds. The number of piperazine rings is 1. The van der Waals surface area contributed by atoms with Gasteiger partial charge in [-0.1, -0.05) is 6.92 Å². The molecule has 1 aromatic rings. The number of esters is 1. The van der Waals surface area contributed by atoms with Crippen LogP contribution in [0.1, 0.15) is 32.8 Å². The van der Waals surface area contributed by atoms with Gasteiger partial charge in [-0.15, -0.1) is 0 Å². The van der Waals surface area contributed by atoms with Gasteiger partial charge in [0.25, 0.3) is 0 Å². The lowest BCUT2D eigenvalue weighted by Gasteiger charge is -2.51. The van der Waals surface area contributed by atoms with Gasteiger partial charge in [-0.2, -0.15) is 5.26 Å². The molecular weight excluding hydrogens is 408 g/mol. The van der Waals surface area contributed by atoms with Gasteiger partial charge < -0.3 is 14.7 Å². The van der Waals surface area contributed by atoms with Gasteiger partial charge in [-0.05, 0) is 44.5 Å². The number of rotatable bonds is 7. The number of carbonyl (C=O) groups is 2. The van der Waals surface area contributed by atoms with E-state index < -0.39 is 11.9 Å².